The number of pyridine rings is 1. The summed E-state index contributed by atoms with van der Waals surface area (Å²) in [6.07, 6.45) is 15.1. The van der Waals surface area contributed by atoms with Gasteiger partial charge in [-0.15, -0.1) is 0 Å². The van der Waals surface area contributed by atoms with Gasteiger partial charge >= 0.3 is 0 Å². The summed E-state index contributed by atoms with van der Waals surface area (Å²) in [5.41, 5.74) is 6.11. The molecule has 0 N–H and O–H groups in total. The van der Waals surface area contributed by atoms with Crippen LogP contribution < -0.4 is 4.57 Å². The standard InChI is InChI=1S/C25H38N/c1-4-7-11-18-25-24(17-9-6-3)19-23(14-8-5-2)21-26(25)20-22-15-12-10-13-16-22/h10,12-13,15-16,19,21H,4-9,11,14,17-18,20H2,1-3H3/q+1. The first kappa shape index (κ1) is 20.7. The molecule has 2 rings (SSSR count). The van der Waals surface area contributed by atoms with Gasteiger partial charge in [0.05, 0.1) is 0 Å². The highest BCUT2D eigenvalue weighted by Crippen LogP contribution is 2.17. The topological polar surface area (TPSA) is 3.88 Å². The number of aromatic nitrogens is 1. The summed E-state index contributed by atoms with van der Waals surface area (Å²) in [5, 5.41) is 0. The molecule has 142 valence electrons. The molecule has 0 spiro atoms. The summed E-state index contributed by atoms with van der Waals surface area (Å²) in [6.45, 7) is 7.89. The number of nitrogens with zero attached hydrogens (tertiary/aromatic N) is 1. The average Bonchev–Trinajstić information content (AvgIpc) is 2.67. The SMILES string of the molecule is CCCCCc1c(CCCC)cc(CCCC)c[n+]1Cc1ccccc1. The first-order chi connectivity index (χ1) is 12.8. The van der Waals surface area contributed by atoms with Gasteiger partial charge in [0.15, 0.2) is 18.4 Å². The predicted molar refractivity (Wildman–Crippen MR) is 113 cm³/mol. The summed E-state index contributed by atoms with van der Waals surface area (Å²) < 4.78 is 2.57. The van der Waals surface area contributed by atoms with Crippen molar-refractivity contribution >= 4 is 0 Å². The minimum Gasteiger partial charge on any atom is -0.198 e. The van der Waals surface area contributed by atoms with E-state index < -0.39 is 0 Å². The quantitative estimate of drug-likeness (QED) is 0.306. The van der Waals surface area contributed by atoms with Crippen molar-refractivity contribution in [1.29, 1.82) is 0 Å². The van der Waals surface area contributed by atoms with Crippen molar-refractivity contribution in [2.75, 3.05) is 0 Å². The van der Waals surface area contributed by atoms with E-state index >= 15 is 0 Å². The average molecular weight is 353 g/mol. The van der Waals surface area contributed by atoms with Crippen LogP contribution in [0.3, 0.4) is 0 Å². The van der Waals surface area contributed by atoms with Crippen LogP contribution in [0.4, 0.5) is 0 Å². The lowest BCUT2D eigenvalue weighted by atomic mass is 9.98. The number of hydrogen-bond acceptors (Lipinski definition) is 0. The lowest BCUT2D eigenvalue weighted by molar-refractivity contribution is -0.696. The third kappa shape index (κ3) is 6.59. The van der Waals surface area contributed by atoms with Gasteiger partial charge in [-0.3, -0.25) is 0 Å². The molecule has 0 saturated heterocycles. The number of hydrogen-bond donors (Lipinski definition) is 0. The summed E-state index contributed by atoms with van der Waals surface area (Å²) in [7, 11) is 0. The molecule has 0 bridgehead atoms. The number of aryl methyl sites for hydroxylation is 2. The van der Waals surface area contributed by atoms with Gasteiger partial charge in [-0.1, -0.05) is 76.8 Å². The normalized spacial score (nSPS) is 11.0. The molecule has 1 heteroatoms. The minimum absolute atomic E-state index is 1.00. The van der Waals surface area contributed by atoms with Crippen LogP contribution in [0.25, 0.3) is 0 Å². The smallest absolute Gasteiger partial charge is 0.184 e. The molecular weight excluding hydrogens is 314 g/mol. The maximum absolute atomic E-state index is 2.57. The van der Waals surface area contributed by atoms with E-state index in [-0.39, 0.29) is 0 Å². The Balaban J connectivity index is 2.36. The molecule has 0 saturated carbocycles. The van der Waals surface area contributed by atoms with Gasteiger partial charge in [-0.2, -0.15) is 4.57 Å². The molecule has 0 amide bonds. The molecule has 2 aromatic rings. The monoisotopic (exact) mass is 352 g/mol. The summed E-state index contributed by atoms with van der Waals surface area (Å²) in [5.74, 6) is 0. The lowest BCUT2D eigenvalue weighted by Crippen LogP contribution is -2.40. The van der Waals surface area contributed by atoms with E-state index in [4.69, 9.17) is 0 Å². The molecule has 1 nitrogen and oxygen atoms in total. The summed E-state index contributed by atoms with van der Waals surface area (Å²) in [4.78, 5) is 0. The third-order valence-corrected chi connectivity index (χ3v) is 5.23. The van der Waals surface area contributed by atoms with Crippen molar-refractivity contribution in [2.45, 2.75) is 91.5 Å². The Morgan fingerprint density at radius 1 is 0.692 bits per heavy atom. The number of rotatable bonds is 12. The van der Waals surface area contributed by atoms with Crippen molar-refractivity contribution in [3.63, 3.8) is 0 Å². The van der Waals surface area contributed by atoms with Crippen LogP contribution in [0.5, 0.6) is 0 Å². The molecule has 0 fully saturated rings. The highest BCUT2D eigenvalue weighted by atomic mass is 15.0. The van der Waals surface area contributed by atoms with E-state index in [0.717, 1.165) is 6.54 Å². The molecule has 0 unspecified atom stereocenters. The Labute approximate surface area is 161 Å². The fraction of sp³-hybridized carbons (Fsp3) is 0.560. The van der Waals surface area contributed by atoms with Crippen LogP contribution in [-0.4, -0.2) is 0 Å². The Kier molecular flexibility index (Phi) is 9.45. The van der Waals surface area contributed by atoms with Crippen molar-refractivity contribution in [3.8, 4) is 0 Å². The summed E-state index contributed by atoms with van der Waals surface area (Å²) >= 11 is 0. The lowest BCUT2D eigenvalue weighted by Gasteiger charge is -2.13. The fourth-order valence-corrected chi connectivity index (χ4v) is 3.68. The highest BCUT2D eigenvalue weighted by Gasteiger charge is 2.18. The summed E-state index contributed by atoms with van der Waals surface area (Å²) in [6, 6.07) is 13.5. The second-order valence-corrected chi connectivity index (χ2v) is 7.60. The Morgan fingerprint density at radius 3 is 2.08 bits per heavy atom. The van der Waals surface area contributed by atoms with Gasteiger partial charge in [0.25, 0.3) is 0 Å². The van der Waals surface area contributed by atoms with Gasteiger partial charge in [0.1, 0.15) is 0 Å². The second-order valence-electron chi connectivity index (χ2n) is 7.60. The first-order valence-corrected chi connectivity index (χ1v) is 10.9. The first-order valence-electron chi connectivity index (χ1n) is 10.9. The molecular formula is C25H38N+. The van der Waals surface area contributed by atoms with Crippen molar-refractivity contribution in [2.24, 2.45) is 0 Å². The zero-order valence-corrected chi connectivity index (χ0v) is 17.3. The van der Waals surface area contributed by atoms with Gasteiger partial charge in [-0.25, -0.2) is 0 Å². The van der Waals surface area contributed by atoms with E-state index in [1.165, 1.54) is 75.3 Å². The fourth-order valence-electron chi connectivity index (χ4n) is 3.68. The van der Waals surface area contributed by atoms with Gasteiger partial charge in [0.2, 0.25) is 0 Å². The van der Waals surface area contributed by atoms with Crippen molar-refractivity contribution < 1.29 is 4.57 Å². The van der Waals surface area contributed by atoms with Crippen LogP contribution in [0.1, 0.15) is 88.1 Å². The maximum atomic E-state index is 2.57. The molecule has 1 aromatic heterocycles. The van der Waals surface area contributed by atoms with E-state index in [0.29, 0.717) is 0 Å². The molecule has 0 aliphatic heterocycles. The van der Waals surface area contributed by atoms with Crippen LogP contribution in [-0.2, 0) is 25.8 Å². The van der Waals surface area contributed by atoms with Gasteiger partial charge in [0, 0.05) is 23.1 Å². The van der Waals surface area contributed by atoms with Crippen LogP contribution >= 0.6 is 0 Å². The maximum Gasteiger partial charge on any atom is 0.184 e. The largest absolute Gasteiger partial charge is 0.198 e. The Bertz CT molecular complexity index is 630. The Hall–Kier alpha value is -1.63. The third-order valence-electron chi connectivity index (χ3n) is 5.23. The molecule has 0 radical (unpaired) electrons. The molecule has 1 aromatic carbocycles. The van der Waals surface area contributed by atoms with Gasteiger partial charge < -0.3 is 0 Å². The van der Waals surface area contributed by atoms with E-state index in [2.05, 4.69) is 67.9 Å². The van der Waals surface area contributed by atoms with E-state index in [9.17, 15) is 0 Å². The molecule has 0 atom stereocenters. The highest BCUT2D eigenvalue weighted by molar-refractivity contribution is 5.23. The minimum atomic E-state index is 1.00. The van der Waals surface area contributed by atoms with Crippen LogP contribution in [0, 0.1) is 0 Å². The zero-order valence-electron chi connectivity index (χ0n) is 17.3. The second kappa shape index (κ2) is 11.9. The predicted octanol–water partition coefficient (Wildman–Crippen LogP) is 6.44. The van der Waals surface area contributed by atoms with Crippen LogP contribution in [0.15, 0.2) is 42.6 Å². The van der Waals surface area contributed by atoms with Crippen molar-refractivity contribution in [3.05, 3.63) is 65.0 Å². The molecule has 0 aliphatic rings. The van der Waals surface area contributed by atoms with E-state index in [1.807, 2.05) is 0 Å². The number of unbranched alkanes of at least 4 members (excludes halogenated alkanes) is 4. The zero-order chi connectivity index (χ0) is 18.6. The molecule has 1 heterocycles. The number of benzene rings is 1. The molecule has 0 aliphatic carbocycles. The Morgan fingerprint density at radius 2 is 1.38 bits per heavy atom. The van der Waals surface area contributed by atoms with E-state index in [1.54, 1.807) is 11.3 Å². The van der Waals surface area contributed by atoms with Crippen molar-refractivity contribution in [1.82, 2.24) is 0 Å². The van der Waals surface area contributed by atoms with Crippen LogP contribution in [0.2, 0.25) is 0 Å². The van der Waals surface area contributed by atoms with Gasteiger partial charge in [-0.05, 0) is 38.2 Å². The molecule has 26 heavy (non-hydrogen) atoms.